The van der Waals surface area contributed by atoms with Crippen LogP contribution in [0.2, 0.25) is 0 Å². The Morgan fingerprint density at radius 2 is 1.94 bits per heavy atom. The van der Waals surface area contributed by atoms with Crippen LogP contribution in [0.25, 0.3) is 0 Å². The second-order valence-electron chi connectivity index (χ2n) is 5.36. The van der Waals surface area contributed by atoms with Gasteiger partial charge in [0.15, 0.2) is 0 Å². The molecule has 3 heteroatoms. The third-order valence-electron chi connectivity index (χ3n) is 3.99. The van der Waals surface area contributed by atoms with Gasteiger partial charge >= 0.3 is 0 Å². The molecule has 18 heavy (non-hydrogen) atoms. The van der Waals surface area contributed by atoms with Gasteiger partial charge in [0.1, 0.15) is 5.82 Å². The predicted octanol–water partition coefficient (Wildman–Crippen LogP) is 3.61. The summed E-state index contributed by atoms with van der Waals surface area (Å²) in [6.07, 6.45) is 6.28. The first-order valence-electron chi connectivity index (χ1n) is 6.88. The van der Waals surface area contributed by atoms with Crippen LogP contribution >= 0.6 is 0 Å². The van der Waals surface area contributed by atoms with Crippen LogP contribution in [-0.2, 0) is 0 Å². The van der Waals surface area contributed by atoms with Crippen LogP contribution in [0.5, 0.6) is 0 Å². The van der Waals surface area contributed by atoms with Gasteiger partial charge in [0.2, 0.25) is 0 Å². The van der Waals surface area contributed by atoms with Gasteiger partial charge in [-0.3, -0.25) is 0 Å². The van der Waals surface area contributed by atoms with Gasteiger partial charge in [0.25, 0.3) is 0 Å². The maximum atomic E-state index is 13.9. The molecular weight excluding hydrogens is 227 g/mol. The Balaban J connectivity index is 2.28. The molecule has 2 nitrogen and oxygen atoms in total. The van der Waals surface area contributed by atoms with Gasteiger partial charge in [-0.05, 0) is 31.9 Å². The molecule has 1 fully saturated rings. The monoisotopic (exact) mass is 250 g/mol. The molecule has 0 amide bonds. The second kappa shape index (κ2) is 5.70. The lowest BCUT2D eigenvalue weighted by molar-refractivity contribution is 0.426. The Bertz CT molecular complexity index is 397. The third-order valence-corrected chi connectivity index (χ3v) is 3.99. The molecule has 1 saturated carbocycles. The molecule has 100 valence electrons. The Morgan fingerprint density at radius 1 is 1.28 bits per heavy atom. The van der Waals surface area contributed by atoms with Gasteiger partial charge < -0.3 is 10.6 Å². The SMILES string of the molecule is C[C@@H](N)c1c(F)cccc1N(C)C1CCCCC1. The van der Waals surface area contributed by atoms with Gasteiger partial charge in [-0.25, -0.2) is 4.39 Å². The Labute approximate surface area is 109 Å². The van der Waals surface area contributed by atoms with E-state index in [-0.39, 0.29) is 11.9 Å². The van der Waals surface area contributed by atoms with Crippen LogP contribution < -0.4 is 10.6 Å². The van der Waals surface area contributed by atoms with E-state index in [0.29, 0.717) is 11.6 Å². The molecule has 1 aliphatic carbocycles. The van der Waals surface area contributed by atoms with E-state index in [1.165, 1.54) is 38.2 Å². The summed E-state index contributed by atoms with van der Waals surface area (Å²) < 4.78 is 13.9. The largest absolute Gasteiger partial charge is 0.371 e. The Morgan fingerprint density at radius 3 is 2.56 bits per heavy atom. The molecule has 0 aromatic heterocycles. The number of hydrogen-bond acceptors (Lipinski definition) is 2. The van der Waals surface area contributed by atoms with Crippen molar-refractivity contribution < 1.29 is 4.39 Å². The van der Waals surface area contributed by atoms with Crippen molar-refractivity contribution in [3.8, 4) is 0 Å². The lowest BCUT2D eigenvalue weighted by atomic mass is 9.93. The Hall–Kier alpha value is -1.09. The first-order valence-corrected chi connectivity index (χ1v) is 6.88. The van der Waals surface area contributed by atoms with Gasteiger partial charge in [0, 0.05) is 30.4 Å². The Kier molecular flexibility index (Phi) is 4.23. The minimum absolute atomic E-state index is 0.190. The highest BCUT2D eigenvalue weighted by atomic mass is 19.1. The molecule has 0 heterocycles. The lowest BCUT2D eigenvalue weighted by Crippen LogP contribution is -2.34. The summed E-state index contributed by atoms with van der Waals surface area (Å²) in [6.45, 7) is 1.84. The van der Waals surface area contributed by atoms with E-state index in [0.717, 1.165) is 5.69 Å². The van der Waals surface area contributed by atoms with Crippen molar-refractivity contribution in [3.05, 3.63) is 29.6 Å². The van der Waals surface area contributed by atoms with Crippen LogP contribution in [-0.4, -0.2) is 13.1 Å². The minimum atomic E-state index is -0.271. The smallest absolute Gasteiger partial charge is 0.130 e. The van der Waals surface area contributed by atoms with Crippen molar-refractivity contribution in [1.29, 1.82) is 0 Å². The summed E-state index contributed by atoms with van der Waals surface area (Å²) >= 11 is 0. The number of rotatable bonds is 3. The van der Waals surface area contributed by atoms with Crippen LogP contribution in [0.1, 0.15) is 50.6 Å². The quantitative estimate of drug-likeness (QED) is 0.888. The lowest BCUT2D eigenvalue weighted by Gasteiger charge is -2.34. The summed E-state index contributed by atoms with van der Waals surface area (Å²) in [5.74, 6) is -0.190. The third kappa shape index (κ3) is 2.66. The maximum absolute atomic E-state index is 13.9. The fourth-order valence-corrected chi connectivity index (χ4v) is 2.95. The highest BCUT2D eigenvalue weighted by Crippen LogP contribution is 2.32. The first-order chi connectivity index (χ1) is 8.61. The molecule has 1 aliphatic rings. The van der Waals surface area contributed by atoms with Crippen molar-refractivity contribution in [2.45, 2.75) is 51.1 Å². The van der Waals surface area contributed by atoms with Crippen molar-refractivity contribution in [2.75, 3.05) is 11.9 Å². The average Bonchev–Trinajstić information content (AvgIpc) is 2.38. The molecule has 0 spiro atoms. The molecule has 2 rings (SSSR count). The topological polar surface area (TPSA) is 29.3 Å². The van der Waals surface area contributed by atoms with E-state index in [9.17, 15) is 4.39 Å². The fourth-order valence-electron chi connectivity index (χ4n) is 2.95. The second-order valence-corrected chi connectivity index (χ2v) is 5.36. The van der Waals surface area contributed by atoms with E-state index >= 15 is 0 Å². The number of nitrogens with zero attached hydrogens (tertiary/aromatic N) is 1. The molecule has 0 saturated heterocycles. The van der Waals surface area contributed by atoms with Crippen molar-refractivity contribution in [3.63, 3.8) is 0 Å². The molecule has 0 unspecified atom stereocenters. The molecule has 2 N–H and O–H groups in total. The summed E-state index contributed by atoms with van der Waals surface area (Å²) in [4.78, 5) is 2.22. The van der Waals surface area contributed by atoms with Crippen molar-refractivity contribution >= 4 is 5.69 Å². The van der Waals surface area contributed by atoms with Crippen LogP contribution in [0, 0.1) is 5.82 Å². The summed E-state index contributed by atoms with van der Waals surface area (Å²) in [6, 6.07) is 5.51. The summed E-state index contributed by atoms with van der Waals surface area (Å²) in [5, 5.41) is 0. The molecular formula is C15H23FN2. The first kappa shape index (κ1) is 13.3. The van der Waals surface area contributed by atoms with Gasteiger partial charge in [-0.2, -0.15) is 0 Å². The predicted molar refractivity (Wildman–Crippen MR) is 74.3 cm³/mol. The molecule has 1 atom stereocenters. The highest BCUT2D eigenvalue weighted by molar-refractivity contribution is 5.55. The highest BCUT2D eigenvalue weighted by Gasteiger charge is 2.22. The average molecular weight is 250 g/mol. The van der Waals surface area contributed by atoms with E-state index in [1.807, 2.05) is 13.0 Å². The number of nitrogens with two attached hydrogens (primary N) is 1. The molecule has 0 bridgehead atoms. The molecule has 0 radical (unpaired) electrons. The van der Waals surface area contributed by atoms with E-state index in [4.69, 9.17) is 5.73 Å². The van der Waals surface area contributed by atoms with Crippen LogP contribution in [0.4, 0.5) is 10.1 Å². The number of benzene rings is 1. The fraction of sp³-hybridized carbons (Fsp3) is 0.600. The van der Waals surface area contributed by atoms with E-state index in [1.54, 1.807) is 6.07 Å². The summed E-state index contributed by atoms with van der Waals surface area (Å²) in [7, 11) is 2.07. The molecule has 1 aromatic rings. The zero-order valence-corrected chi connectivity index (χ0v) is 11.3. The number of halogens is 1. The van der Waals surface area contributed by atoms with Crippen molar-refractivity contribution in [2.24, 2.45) is 5.73 Å². The van der Waals surface area contributed by atoms with E-state index in [2.05, 4.69) is 11.9 Å². The molecule has 1 aromatic carbocycles. The number of anilines is 1. The van der Waals surface area contributed by atoms with Gasteiger partial charge in [-0.15, -0.1) is 0 Å². The van der Waals surface area contributed by atoms with E-state index < -0.39 is 0 Å². The molecule has 0 aliphatic heterocycles. The maximum Gasteiger partial charge on any atom is 0.130 e. The van der Waals surface area contributed by atoms with Crippen molar-refractivity contribution in [1.82, 2.24) is 0 Å². The normalized spacial score (nSPS) is 18.7. The zero-order valence-electron chi connectivity index (χ0n) is 11.3. The van der Waals surface area contributed by atoms with Gasteiger partial charge in [0.05, 0.1) is 0 Å². The van der Waals surface area contributed by atoms with Crippen LogP contribution in [0.3, 0.4) is 0 Å². The minimum Gasteiger partial charge on any atom is -0.371 e. The van der Waals surface area contributed by atoms with Crippen LogP contribution in [0.15, 0.2) is 18.2 Å². The van der Waals surface area contributed by atoms with Gasteiger partial charge in [-0.1, -0.05) is 25.3 Å². The zero-order chi connectivity index (χ0) is 13.1. The standard InChI is InChI=1S/C15H23FN2/c1-11(17)15-13(16)9-6-10-14(15)18(2)12-7-4-3-5-8-12/h6,9-12H,3-5,7-8,17H2,1-2H3/t11-/m1/s1. The number of hydrogen-bond donors (Lipinski definition) is 1. The summed E-state index contributed by atoms with van der Waals surface area (Å²) in [5.41, 5.74) is 7.52.